The quantitative estimate of drug-likeness (QED) is 0.450. The van der Waals surface area contributed by atoms with Crippen LogP contribution in [0.25, 0.3) is 11.5 Å². The van der Waals surface area contributed by atoms with E-state index in [-0.39, 0.29) is 6.04 Å². The average Bonchev–Trinajstić information content (AvgIpc) is 3.36. The van der Waals surface area contributed by atoms with E-state index < -0.39 is 0 Å². The summed E-state index contributed by atoms with van der Waals surface area (Å²) >= 11 is 0. The molecule has 3 rings (SSSR count). The molecule has 2 N–H and O–H groups in total. The van der Waals surface area contributed by atoms with Gasteiger partial charge in [0.05, 0.1) is 18.8 Å². The first kappa shape index (κ1) is 20.6. The summed E-state index contributed by atoms with van der Waals surface area (Å²) in [5.74, 6) is 1.35. The second kappa shape index (κ2) is 9.88. The van der Waals surface area contributed by atoms with Crippen molar-refractivity contribution >= 4 is 5.96 Å². The Morgan fingerprint density at radius 2 is 2.03 bits per heavy atom. The van der Waals surface area contributed by atoms with Gasteiger partial charge >= 0.3 is 0 Å². The van der Waals surface area contributed by atoms with Crippen LogP contribution in [-0.4, -0.2) is 52.8 Å². The van der Waals surface area contributed by atoms with Gasteiger partial charge in [-0.3, -0.25) is 4.68 Å². The smallest absolute Gasteiger partial charge is 0.226 e. The summed E-state index contributed by atoms with van der Waals surface area (Å²) in [7, 11) is 6.05. The van der Waals surface area contributed by atoms with Gasteiger partial charge in [-0.1, -0.05) is 18.2 Å². The SMILES string of the molecule is CCNC(=NCc1coc(-c2ccccc2)n1)NCC(c1cnn(C)c1)N(C)C. The third kappa shape index (κ3) is 5.68. The second-order valence-corrected chi connectivity index (χ2v) is 7.01. The third-order valence-electron chi connectivity index (χ3n) is 4.51. The number of likely N-dealkylation sites (N-methyl/N-ethyl adjacent to an activating group) is 1. The van der Waals surface area contributed by atoms with E-state index in [1.165, 1.54) is 0 Å². The lowest BCUT2D eigenvalue weighted by molar-refractivity contribution is 0.298. The highest BCUT2D eigenvalue weighted by Crippen LogP contribution is 2.18. The Bertz CT molecular complexity index is 914. The van der Waals surface area contributed by atoms with Gasteiger partial charge in [-0.15, -0.1) is 0 Å². The number of oxazole rings is 1. The number of hydrogen-bond acceptors (Lipinski definition) is 5. The maximum Gasteiger partial charge on any atom is 0.226 e. The number of rotatable bonds is 8. The van der Waals surface area contributed by atoms with Crippen molar-refractivity contribution in [3.63, 3.8) is 0 Å². The molecule has 0 radical (unpaired) electrons. The molecule has 2 aromatic heterocycles. The van der Waals surface area contributed by atoms with Gasteiger partial charge < -0.3 is 20.0 Å². The lowest BCUT2D eigenvalue weighted by Gasteiger charge is -2.24. The number of aromatic nitrogens is 3. The van der Waals surface area contributed by atoms with E-state index in [1.807, 2.05) is 61.4 Å². The van der Waals surface area contributed by atoms with Gasteiger partial charge in [-0.25, -0.2) is 9.98 Å². The van der Waals surface area contributed by atoms with E-state index in [2.05, 4.69) is 44.7 Å². The molecular formula is C21H29N7O. The number of guanidine groups is 1. The molecule has 1 unspecified atom stereocenters. The lowest BCUT2D eigenvalue weighted by Crippen LogP contribution is -2.41. The molecule has 154 valence electrons. The normalized spacial score (nSPS) is 12.9. The van der Waals surface area contributed by atoms with E-state index in [9.17, 15) is 0 Å². The molecule has 0 saturated carbocycles. The summed E-state index contributed by atoms with van der Waals surface area (Å²) in [5.41, 5.74) is 2.90. The van der Waals surface area contributed by atoms with Crippen LogP contribution < -0.4 is 10.6 Å². The van der Waals surface area contributed by atoms with Crippen LogP contribution in [0.2, 0.25) is 0 Å². The van der Waals surface area contributed by atoms with Crippen LogP contribution in [0.5, 0.6) is 0 Å². The average molecular weight is 396 g/mol. The molecule has 0 fully saturated rings. The summed E-state index contributed by atoms with van der Waals surface area (Å²) in [4.78, 5) is 11.4. The van der Waals surface area contributed by atoms with Crippen molar-refractivity contribution in [2.45, 2.75) is 19.5 Å². The first-order valence-corrected chi connectivity index (χ1v) is 9.73. The summed E-state index contributed by atoms with van der Waals surface area (Å²) in [5, 5.41) is 11.0. The number of aliphatic imine (C=N–C) groups is 1. The molecule has 0 spiro atoms. The Hall–Kier alpha value is -3.13. The Balaban J connectivity index is 1.64. The molecule has 3 aromatic rings. The molecule has 2 heterocycles. The largest absolute Gasteiger partial charge is 0.444 e. The van der Waals surface area contributed by atoms with Crippen LogP contribution in [0.15, 0.2) is 58.4 Å². The molecule has 0 aliphatic heterocycles. The standard InChI is InChI=1S/C21H29N7O/c1-5-22-21(24-13-19(27(2)3)17-11-25-28(4)14-17)23-12-18-15-29-20(26-18)16-9-7-6-8-10-16/h6-11,14-15,19H,5,12-13H2,1-4H3,(H2,22,23,24). The first-order chi connectivity index (χ1) is 14.1. The fraction of sp³-hybridized carbons (Fsp3) is 0.381. The Morgan fingerprint density at radius 3 is 2.69 bits per heavy atom. The van der Waals surface area contributed by atoms with Gasteiger partial charge in [0.2, 0.25) is 5.89 Å². The minimum absolute atomic E-state index is 0.185. The van der Waals surface area contributed by atoms with Crippen LogP contribution in [0.3, 0.4) is 0 Å². The second-order valence-electron chi connectivity index (χ2n) is 7.01. The van der Waals surface area contributed by atoms with Crippen molar-refractivity contribution < 1.29 is 4.42 Å². The van der Waals surface area contributed by atoms with E-state index in [0.717, 1.165) is 29.3 Å². The maximum atomic E-state index is 5.60. The van der Waals surface area contributed by atoms with Crippen molar-refractivity contribution in [1.29, 1.82) is 0 Å². The molecule has 1 atom stereocenters. The number of benzene rings is 1. The zero-order valence-electron chi connectivity index (χ0n) is 17.5. The summed E-state index contributed by atoms with van der Waals surface area (Å²) in [6, 6.07) is 10.0. The Morgan fingerprint density at radius 1 is 1.24 bits per heavy atom. The molecule has 8 nitrogen and oxygen atoms in total. The highest BCUT2D eigenvalue weighted by Gasteiger charge is 2.16. The zero-order valence-corrected chi connectivity index (χ0v) is 17.5. The van der Waals surface area contributed by atoms with Crippen LogP contribution in [0.1, 0.15) is 24.2 Å². The molecule has 0 amide bonds. The predicted octanol–water partition coefficient (Wildman–Crippen LogP) is 2.43. The van der Waals surface area contributed by atoms with Crippen molar-refractivity contribution in [3.05, 3.63) is 60.2 Å². The van der Waals surface area contributed by atoms with E-state index >= 15 is 0 Å². The molecule has 8 heteroatoms. The van der Waals surface area contributed by atoms with Gasteiger partial charge in [0.15, 0.2) is 5.96 Å². The number of aryl methyl sites for hydroxylation is 1. The first-order valence-electron chi connectivity index (χ1n) is 9.73. The number of hydrogen-bond donors (Lipinski definition) is 2. The molecule has 0 saturated heterocycles. The highest BCUT2D eigenvalue weighted by molar-refractivity contribution is 5.79. The molecule has 0 aliphatic carbocycles. The topological polar surface area (TPSA) is 83.5 Å². The van der Waals surface area contributed by atoms with Gasteiger partial charge in [-0.2, -0.15) is 5.10 Å². The maximum absolute atomic E-state index is 5.60. The summed E-state index contributed by atoms with van der Waals surface area (Å²) in [6.07, 6.45) is 5.60. The van der Waals surface area contributed by atoms with E-state index in [4.69, 9.17) is 4.42 Å². The summed E-state index contributed by atoms with van der Waals surface area (Å²) in [6.45, 7) is 3.97. The Labute approximate surface area is 171 Å². The van der Waals surface area contributed by atoms with Crippen LogP contribution in [0.4, 0.5) is 0 Å². The monoisotopic (exact) mass is 395 g/mol. The van der Waals surface area contributed by atoms with Crippen molar-refractivity contribution in [2.75, 3.05) is 27.2 Å². The molecule has 1 aromatic carbocycles. The van der Waals surface area contributed by atoms with Gasteiger partial charge in [0.25, 0.3) is 0 Å². The minimum atomic E-state index is 0.185. The minimum Gasteiger partial charge on any atom is -0.444 e. The highest BCUT2D eigenvalue weighted by atomic mass is 16.3. The number of nitrogens with zero attached hydrogens (tertiary/aromatic N) is 5. The van der Waals surface area contributed by atoms with Crippen molar-refractivity contribution in [3.8, 4) is 11.5 Å². The van der Waals surface area contributed by atoms with Gasteiger partial charge in [0, 0.05) is 37.5 Å². The van der Waals surface area contributed by atoms with E-state index in [1.54, 1.807) is 6.26 Å². The molecule has 0 bridgehead atoms. The zero-order chi connectivity index (χ0) is 20.6. The summed E-state index contributed by atoms with van der Waals surface area (Å²) < 4.78 is 7.42. The van der Waals surface area contributed by atoms with Crippen LogP contribution >= 0.6 is 0 Å². The lowest BCUT2D eigenvalue weighted by atomic mass is 10.1. The van der Waals surface area contributed by atoms with Crippen molar-refractivity contribution in [1.82, 2.24) is 30.3 Å². The van der Waals surface area contributed by atoms with Gasteiger partial charge in [0.1, 0.15) is 12.0 Å². The van der Waals surface area contributed by atoms with Crippen molar-refractivity contribution in [2.24, 2.45) is 12.0 Å². The molecular weight excluding hydrogens is 366 g/mol. The van der Waals surface area contributed by atoms with Crippen LogP contribution in [-0.2, 0) is 13.6 Å². The fourth-order valence-corrected chi connectivity index (χ4v) is 3.00. The number of nitrogens with one attached hydrogen (secondary N) is 2. The van der Waals surface area contributed by atoms with Crippen LogP contribution in [0, 0.1) is 0 Å². The molecule has 29 heavy (non-hydrogen) atoms. The predicted molar refractivity (Wildman–Crippen MR) is 114 cm³/mol. The van der Waals surface area contributed by atoms with E-state index in [0.29, 0.717) is 19.0 Å². The molecule has 0 aliphatic rings. The Kier molecular flexibility index (Phi) is 7.02. The third-order valence-corrected chi connectivity index (χ3v) is 4.51. The van der Waals surface area contributed by atoms with Gasteiger partial charge in [-0.05, 0) is 33.2 Å². The fourth-order valence-electron chi connectivity index (χ4n) is 3.00.